The highest BCUT2D eigenvalue weighted by atomic mass is 16.7. The number of esters is 9. The molecule has 3 rings (SSSR count). The van der Waals surface area contributed by atoms with Crippen molar-refractivity contribution in [3.63, 3.8) is 0 Å². The van der Waals surface area contributed by atoms with E-state index in [4.69, 9.17) is 71.1 Å². The molecule has 37 nitrogen and oxygen atoms in total. The van der Waals surface area contributed by atoms with Crippen LogP contribution in [0.15, 0.2) is 0 Å². The Hall–Kier alpha value is -8.23. The van der Waals surface area contributed by atoms with Crippen LogP contribution < -0.4 is 31.9 Å². The van der Waals surface area contributed by atoms with Gasteiger partial charge in [0.1, 0.15) is 56.3 Å². The lowest BCUT2D eigenvalue weighted by Crippen LogP contribution is -2.66. The Morgan fingerprint density at radius 1 is 0.320 bits per heavy atom. The van der Waals surface area contributed by atoms with Crippen LogP contribution in [0, 0.1) is 0 Å². The van der Waals surface area contributed by atoms with Crippen molar-refractivity contribution < 1.29 is 143 Å². The lowest BCUT2D eigenvalue weighted by Gasteiger charge is -2.44. The molecule has 103 heavy (non-hydrogen) atoms. The molecule has 6 N–H and O–H groups in total. The summed E-state index contributed by atoms with van der Waals surface area (Å²) in [7, 11) is 0. The van der Waals surface area contributed by atoms with Crippen molar-refractivity contribution in [3.05, 3.63) is 0 Å². The van der Waals surface area contributed by atoms with Crippen molar-refractivity contribution in [1.29, 1.82) is 0 Å². The fourth-order valence-corrected chi connectivity index (χ4v) is 11.2. The van der Waals surface area contributed by atoms with E-state index in [2.05, 4.69) is 31.9 Å². The fraction of sp³-hybridized carbons (Fsp3) is 0.773. The second-order valence-electron chi connectivity index (χ2n) is 24.5. The van der Waals surface area contributed by atoms with Gasteiger partial charge in [0.25, 0.3) is 0 Å². The van der Waals surface area contributed by atoms with Gasteiger partial charge >= 0.3 is 53.7 Å². The van der Waals surface area contributed by atoms with E-state index >= 15 is 0 Å². The van der Waals surface area contributed by atoms with Gasteiger partial charge in [-0.2, -0.15) is 0 Å². The van der Waals surface area contributed by atoms with Crippen LogP contribution in [-0.4, -0.2) is 265 Å². The number of nitrogens with zero attached hydrogens (tertiary/aromatic N) is 1. The first-order chi connectivity index (χ1) is 48.8. The van der Waals surface area contributed by atoms with Crippen molar-refractivity contribution in [1.82, 2.24) is 36.8 Å². The average Bonchev–Trinajstić information content (AvgIpc) is 0.802. The fourth-order valence-electron chi connectivity index (χ4n) is 11.2. The molecular formula is C66H105N7O30. The predicted octanol–water partition coefficient (Wildman–Crippen LogP) is -0.664. The molecule has 37 heteroatoms. The number of hydrogen-bond donors (Lipinski definition) is 6. The van der Waals surface area contributed by atoms with Crippen molar-refractivity contribution in [2.75, 3.05) is 78.9 Å². The molecule has 15 atom stereocenters. The monoisotopic (exact) mass is 1480 g/mol. The van der Waals surface area contributed by atoms with Crippen LogP contribution in [0.3, 0.4) is 0 Å². The van der Waals surface area contributed by atoms with E-state index < -0.39 is 183 Å². The van der Waals surface area contributed by atoms with E-state index in [1.807, 2.05) is 0 Å². The maximum Gasteiger partial charge on any atom is 0.303 e. The zero-order chi connectivity index (χ0) is 76.7. The van der Waals surface area contributed by atoms with Gasteiger partial charge in [-0.3, -0.25) is 71.9 Å². The summed E-state index contributed by atoms with van der Waals surface area (Å²) in [6, 6.07) is -3.49. The van der Waals surface area contributed by atoms with Crippen LogP contribution in [0.5, 0.6) is 0 Å². The molecule has 3 saturated heterocycles. The van der Waals surface area contributed by atoms with Gasteiger partial charge in [0.2, 0.25) is 35.4 Å². The molecule has 3 aliphatic rings. The maximum absolute atomic E-state index is 13.9. The van der Waals surface area contributed by atoms with Gasteiger partial charge in [0.15, 0.2) is 55.5 Å². The van der Waals surface area contributed by atoms with Crippen LogP contribution in [0.1, 0.15) is 160 Å². The molecular weight excluding hydrogens is 1370 g/mol. The van der Waals surface area contributed by atoms with E-state index in [-0.39, 0.29) is 69.9 Å². The normalized spacial score (nSPS) is 24.2. The van der Waals surface area contributed by atoms with Gasteiger partial charge in [0.05, 0.1) is 0 Å². The average molecular weight is 1480 g/mol. The highest BCUT2D eigenvalue weighted by molar-refractivity contribution is 5.78. The van der Waals surface area contributed by atoms with Crippen LogP contribution in [0.2, 0.25) is 0 Å². The van der Waals surface area contributed by atoms with Crippen molar-refractivity contribution in [2.45, 2.75) is 252 Å². The largest absolute Gasteiger partial charge is 0.463 e. The minimum atomic E-state index is -1.33. The Morgan fingerprint density at radius 3 is 0.903 bits per heavy atom. The molecule has 3 aliphatic heterocycles. The molecule has 3 fully saturated rings. The summed E-state index contributed by atoms with van der Waals surface area (Å²) < 4.78 is 84.5. The zero-order valence-corrected chi connectivity index (χ0v) is 60.8. The number of amides is 6. The third-order valence-corrected chi connectivity index (χ3v) is 15.4. The van der Waals surface area contributed by atoms with E-state index in [9.17, 15) is 71.9 Å². The van der Waals surface area contributed by atoms with Crippen molar-refractivity contribution in [2.24, 2.45) is 0 Å². The lowest BCUT2D eigenvalue weighted by molar-refractivity contribution is -0.277. The summed E-state index contributed by atoms with van der Waals surface area (Å²) >= 11 is 0. The highest BCUT2D eigenvalue weighted by Crippen LogP contribution is 2.32. The van der Waals surface area contributed by atoms with Gasteiger partial charge in [-0.25, -0.2) is 0 Å². The van der Waals surface area contributed by atoms with Gasteiger partial charge in [-0.1, -0.05) is 0 Å². The summed E-state index contributed by atoms with van der Waals surface area (Å²) in [6.45, 7) is 14.8. The summed E-state index contributed by atoms with van der Waals surface area (Å²) in [5.41, 5.74) is 0. The minimum Gasteiger partial charge on any atom is -0.463 e. The molecule has 0 aromatic rings. The molecule has 0 spiro atoms. The first kappa shape index (κ1) is 89.0. The first-order valence-electron chi connectivity index (χ1n) is 34.3. The molecule has 6 amide bonds. The van der Waals surface area contributed by atoms with E-state index in [0.717, 1.165) is 55.4 Å². The number of ether oxygens (including phenoxy) is 15. The Labute approximate surface area is 598 Å². The van der Waals surface area contributed by atoms with Gasteiger partial charge < -0.3 is 108 Å². The molecule has 0 aromatic heterocycles. The van der Waals surface area contributed by atoms with E-state index in [1.165, 1.54) is 27.7 Å². The Balaban J connectivity index is 1.59. The molecule has 0 aliphatic carbocycles. The zero-order valence-electron chi connectivity index (χ0n) is 60.8. The summed E-state index contributed by atoms with van der Waals surface area (Å²) in [6.07, 6.45) is -11.3. The molecule has 0 bridgehead atoms. The molecule has 15 unspecified atom stereocenters. The summed E-state index contributed by atoms with van der Waals surface area (Å²) in [4.78, 5) is 187. The van der Waals surface area contributed by atoms with Gasteiger partial charge in [-0.15, -0.1) is 0 Å². The second kappa shape index (κ2) is 47.9. The Bertz CT molecular complexity index is 2810. The van der Waals surface area contributed by atoms with Crippen molar-refractivity contribution in [3.8, 4) is 0 Å². The van der Waals surface area contributed by atoms with Gasteiger partial charge in [-0.05, 0) is 70.9 Å². The van der Waals surface area contributed by atoms with E-state index in [0.29, 0.717) is 84.0 Å². The smallest absolute Gasteiger partial charge is 0.303 e. The lowest BCUT2D eigenvalue weighted by atomic mass is 9.96. The third kappa shape index (κ3) is 35.7. The number of nitrogens with one attached hydrogen (secondary N) is 6. The second-order valence-corrected chi connectivity index (χ2v) is 24.5. The van der Waals surface area contributed by atoms with Crippen LogP contribution >= 0.6 is 0 Å². The van der Waals surface area contributed by atoms with Crippen LogP contribution in [0.25, 0.3) is 0 Å². The van der Waals surface area contributed by atoms with Gasteiger partial charge in [0, 0.05) is 148 Å². The molecule has 3 heterocycles. The summed E-state index contributed by atoms with van der Waals surface area (Å²) in [5, 5.41) is 17.0. The quantitative estimate of drug-likeness (QED) is 0.0250. The highest BCUT2D eigenvalue weighted by Gasteiger charge is 2.54. The van der Waals surface area contributed by atoms with E-state index in [1.54, 1.807) is 4.90 Å². The topological polar surface area (TPSA) is 470 Å². The number of hydrogen-bond acceptors (Lipinski definition) is 31. The number of carbonyl (C=O) groups excluding carboxylic acids is 15. The predicted molar refractivity (Wildman–Crippen MR) is 351 cm³/mol. The Morgan fingerprint density at radius 2 is 0.602 bits per heavy atom. The standard InChI is InChI=1S/C66H105N7O30/c1-37(74)70-55-61(98-46(10)83)58(95-43(7)80)49(34-92-40(4)77)101-64(55)89-31-16-13-22-52(86)68-27-19-25-67-26-20-29-73(54(88)24-15-18-33-91-66-57(72-39(3)76)63(100-48(12)85)60(97-45(9)82)51(103-66)36-94-42(6)79)30-21-28-69-53(87)23-14-17-32-90-65-56(71-38(2)75)62(99-47(11)84)59(96-44(8)81)50(102-65)35-93-41(5)78/h49-51,55-67H,13-36H2,1-12H3,(H,68,86)(H,69,87)(H,70,74)(H,71,75)(H,72,76). The number of carbonyl (C=O) groups is 15. The summed E-state index contributed by atoms with van der Waals surface area (Å²) in [5.74, 6) is -8.91. The molecule has 0 saturated carbocycles. The minimum absolute atomic E-state index is 0.00663. The maximum atomic E-state index is 13.9. The molecule has 584 valence electrons. The third-order valence-electron chi connectivity index (χ3n) is 15.4. The van der Waals surface area contributed by atoms with Crippen LogP contribution in [0.4, 0.5) is 0 Å². The number of rotatable bonds is 45. The van der Waals surface area contributed by atoms with Crippen LogP contribution in [-0.2, 0) is 143 Å². The van der Waals surface area contributed by atoms with Crippen molar-refractivity contribution >= 4 is 89.2 Å². The molecule has 0 radical (unpaired) electrons. The molecule has 0 aromatic carbocycles. The number of unbranched alkanes of at least 4 members (excludes halogenated alkanes) is 3. The SMILES string of the molecule is CC(=O)NC1C(OCCCCC(=O)NCCCNCCCN(CCCNC(=O)CCCCOC2OC(COC(C)=O)C(OC(C)=O)C(OC(C)=O)C2NC(C)=O)C(=O)CCCCOC2OC(COC(C)=O)C(OC(C)=O)C(OC(C)=O)C2NC(C)=O)OC(COC(C)=O)C(OC(C)=O)C1OC(C)=O. The Kier molecular flexibility index (Phi) is 41.4. The first-order valence-corrected chi connectivity index (χ1v) is 34.3.